The standard InChI is InChI=1S/C9H19NS/c1-2-6-11-9-5-3-4-8(9)7-10/h8-9H,2-7,10H2,1H3. The summed E-state index contributed by atoms with van der Waals surface area (Å²) in [7, 11) is 0. The average molecular weight is 173 g/mol. The van der Waals surface area contributed by atoms with E-state index in [0.717, 1.165) is 17.7 Å². The van der Waals surface area contributed by atoms with Crippen molar-refractivity contribution in [2.24, 2.45) is 11.7 Å². The first-order valence-electron chi connectivity index (χ1n) is 4.70. The SMILES string of the molecule is CCCSC1CCCC1CN. The van der Waals surface area contributed by atoms with E-state index < -0.39 is 0 Å². The van der Waals surface area contributed by atoms with E-state index in [4.69, 9.17) is 5.73 Å². The van der Waals surface area contributed by atoms with Crippen LogP contribution in [-0.4, -0.2) is 17.5 Å². The minimum atomic E-state index is 0.826. The Morgan fingerprint density at radius 1 is 1.45 bits per heavy atom. The predicted molar refractivity (Wildman–Crippen MR) is 52.9 cm³/mol. The molecule has 1 fully saturated rings. The largest absolute Gasteiger partial charge is 0.330 e. The molecule has 1 nitrogen and oxygen atoms in total. The molecule has 1 aliphatic rings. The van der Waals surface area contributed by atoms with Crippen molar-refractivity contribution >= 4 is 11.8 Å². The zero-order valence-corrected chi connectivity index (χ0v) is 8.20. The first-order valence-corrected chi connectivity index (χ1v) is 5.75. The van der Waals surface area contributed by atoms with Crippen LogP contribution in [0.4, 0.5) is 0 Å². The molecule has 0 radical (unpaired) electrons. The van der Waals surface area contributed by atoms with Crippen LogP contribution in [0.2, 0.25) is 0 Å². The lowest BCUT2D eigenvalue weighted by Crippen LogP contribution is -2.20. The van der Waals surface area contributed by atoms with Crippen molar-refractivity contribution in [1.82, 2.24) is 0 Å². The van der Waals surface area contributed by atoms with Gasteiger partial charge in [-0.2, -0.15) is 11.8 Å². The maximum atomic E-state index is 5.68. The summed E-state index contributed by atoms with van der Waals surface area (Å²) in [6, 6.07) is 0. The van der Waals surface area contributed by atoms with Gasteiger partial charge in [-0.15, -0.1) is 0 Å². The Balaban J connectivity index is 2.20. The van der Waals surface area contributed by atoms with Crippen LogP contribution < -0.4 is 5.73 Å². The molecule has 1 aliphatic carbocycles. The van der Waals surface area contributed by atoms with Crippen LogP contribution in [0.15, 0.2) is 0 Å². The summed E-state index contributed by atoms with van der Waals surface area (Å²) < 4.78 is 0. The van der Waals surface area contributed by atoms with E-state index in [2.05, 4.69) is 18.7 Å². The van der Waals surface area contributed by atoms with E-state index in [-0.39, 0.29) is 0 Å². The molecule has 2 unspecified atom stereocenters. The van der Waals surface area contributed by atoms with Gasteiger partial charge in [-0.25, -0.2) is 0 Å². The molecule has 0 amide bonds. The van der Waals surface area contributed by atoms with Gasteiger partial charge in [-0.05, 0) is 37.5 Å². The highest BCUT2D eigenvalue weighted by atomic mass is 32.2. The third-order valence-corrected chi connectivity index (χ3v) is 4.12. The van der Waals surface area contributed by atoms with Gasteiger partial charge in [0.2, 0.25) is 0 Å². The van der Waals surface area contributed by atoms with Gasteiger partial charge in [-0.1, -0.05) is 13.3 Å². The topological polar surface area (TPSA) is 26.0 Å². The molecule has 11 heavy (non-hydrogen) atoms. The lowest BCUT2D eigenvalue weighted by Gasteiger charge is -2.16. The highest BCUT2D eigenvalue weighted by Gasteiger charge is 2.25. The molecule has 0 aromatic rings. The fourth-order valence-electron chi connectivity index (χ4n) is 1.76. The summed E-state index contributed by atoms with van der Waals surface area (Å²) in [6.45, 7) is 3.15. The van der Waals surface area contributed by atoms with Crippen LogP contribution >= 0.6 is 11.8 Å². The Kier molecular flexibility index (Phi) is 4.31. The first kappa shape index (κ1) is 9.40. The number of hydrogen-bond donors (Lipinski definition) is 1. The average Bonchev–Trinajstić information content (AvgIpc) is 2.47. The molecule has 1 rings (SSSR count). The van der Waals surface area contributed by atoms with Crippen molar-refractivity contribution in [3.05, 3.63) is 0 Å². The van der Waals surface area contributed by atoms with Gasteiger partial charge in [0.05, 0.1) is 0 Å². The van der Waals surface area contributed by atoms with Gasteiger partial charge in [0.25, 0.3) is 0 Å². The molecule has 0 aromatic heterocycles. The van der Waals surface area contributed by atoms with Crippen LogP contribution in [0.25, 0.3) is 0 Å². The predicted octanol–water partition coefficient (Wildman–Crippen LogP) is 2.26. The fraction of sp³-hybridized carbons (Fsp3) is 1.00. The van der Waals surface area contributed by atoms with Gasteiger partial charge in [0.15, 0.2) is 0 Å². The van der Waals surface area contributed by atoms with Crippen molar-refractivity contribution in [3.8, 4) is 0 Å². The van der Waals surface area contributed by atoms with Gasteiger partial charge in [0.1, 0.15) is 0 Å². The van der Waals surface area contributed by atoms with E-state index in [1.165, 1.54) is 31.4 Å². The molecular weight excluding hydrogens is 154 g/mol. The van der Waals surface area contributed by atoms with E-state index in [0.29, 0.717) is 0 Å². The number of nitrogens with two attached hydrogens (primary N) is 1. The quantitative estimate of drug-likeness (QED) is 0.705. The van der Waals surface area contributed by atoms with Gasteiger partial charge < -0.3 is 5.73 Å². The third-order valence-electron chi connectivity index (χ3n) is 2.43. The Morgan fingerprint density at radius 2 is 2.27 bits per heavy atom. The maximum Gasteiger partial charge on any atom is 0.00873 e. The minimum absolute atomic E-state index is 0.826. The van der Waals surface area contributed by atoms with E-state index >= 15 is 0 Å². The molecule has 0 spiro atoms. The lowest BCUT2D eigenvalue weighted by atomic mass is 10.1. The van der Waals surface area contributed by atoms with Gasteiger partial charge in [-0.3, -0.25) is 0 Å². The number of thioether (sulfide) groups is 1. The van der Waals surface area contributed by atoms with Crippen LogP contribution in [0, 0.1) is 5.92 Å². The molecule has 0 bridgehead atoms. The van der Waals surface area contributed by atoms with Crippen LogP contribution in [0.1, 0.15) is 32.6 Å². The van der Waals surface area contributed by atoms with E-state index in [1.807, 2.05) is 0 Å². The molecule has 0 aromatic carbocycles. The second kappa shape index (κ2) is 5.04. The van der Waals surface area contributed by atoms with Crippen LogP contribution in [0.3, 0.4) is 0 Å². The molecule has 66 valence electrons. The highest BCUT2D eigenvalue weighted by Crippen LogP contribution is 2.34. The lowest BCUT2D eigenvalue weighted by molar-refractivity contribution is 0.573. The molecule has 2 N–H and O–H groups in total. The molecule has 0 heterocycles. The number of hydrogen-bond acceptors (Lipinski definition) is 2. The summed E-state index contributed by atoms with van der Waals surface area (Å²) in [5.74, 6) is 2.15. The minimum Gasteiger partial charge on any atom is -0.330 e. The third kappa shape index (κ3) is 2.68. The maximum absolute atomic E-state index is 5.68. The van der Waals surface area contributed by atoms with E-state index in [9.17, 15) is 0 Å². The summed E-state index contributed by atoms with van der Waals surface area (Å²) in [6.07, 6.45) is 5.49. The monoisotopic (exact) mass is 173 g/mol. The van der Waals surface area contributed by atoms with Crippen molar-refractivity contribution in [2.45, 2.75) is 37.9 Å². The summed E-state index contributed by atoms with van der Waals surface area (Å²) in [4.78, 5) is 0. The molecule has 0 aliphatic heterocycles. The molecule has 1 saturated carbocycles. The highest BCUT2D eigenvalue weighted by molar-refractivity contribution is 7.99. The molecule has 0 saturated heterocycles. The Morgan fingerprint density at radius 3 is 2.91 bits per heavy atom. The van der Waals surface area contributed by atoms with Gasteiger partial charge >= 0.3 is 0 Å². The fourth-order valence-corrected chi connectivity index (χ4v) is 3.15. The zero-order chi connectivity index (χ0) is 8.10. The Labute approximate surface area is 74.1 Å². The molecule has 2 heteroatoms. The zero-order valence-electron chi connectivity index (χ0n) is 7.38. The Hall–Kier alpha value is 0.310. The van der Waals surface area contributed by atoms with E-state index in [1.54, 1.807) is 0 Å². The van der Waals surface area contributed by atoms with Crippen molar-refractivity contribution in [2.75, 3.05) is 12.3 Å². The van der Waals surface area contributed by atoms with Crippen molar-refractivity contribution in [1.29, 1.82) is 0 Å². The van der Waals surface area contributed by atoms with Crippen LogP contribution in [-0.2, 0) is 0 Å². The second-order valence-electron chi connectivity index (χ2n) is 3.34. The molecule has 2 atom stereocenters. The van der Waals surface area contributed by atoms with Crippen LogP contribution in [0.5, 0.6) is 0 Å². The summed E-state index contributed by atoms with van der Waals surface area (Å²) in [5.41, 5.74) is 5.68. The van der Waals surface area contributed by atoms with Crippen molar-refractivity contribution in [3.63, 3.8) is 0 Å². The van der Waals surface area contributed by atoms with Crippen molar-refractivity contribution < 1.29 is 0 Å². The second-order valence-corrected chi connectivity index (χ2v) is 4.68. The molecular formula is C9H19NS. The smallest absolute Gasteiger partial charge is 0.00873 e. The number of rotatable bonds is 4. The summed E-state index contributed by atoms with van der Waals surface area (Å²) >= 11 is 2.14. The van der Waals surface area contributed by atoms with Gasteiger partial charge in [0, 0.05) is 5.25 Å². The first-order chi connectivity index (χ1) is 5.38. The normalized spacial score (nSPS) is 31.1. The Bertz CT molecular complexity index is 106. The summed E-state index contributed by atoms with van der Waals surface area (Å²) in [5, 5.41) is 0.889.